The minimum absolute atomic E-state index is 0. The van der Waals surface area contributed by atoms with Crippen molar-refractivity contribution in [3.05, 3.63) is 11.1 Å². The van der Waals surface area contributed by atoms with Crippen LogP contribution in [0, 0.1) is 5.92 Å². The third kappa shape index (κ3) is 7.93. The summed E-state index contributed by atoms with van der Waals surface area (Å²) in [6.07, 6.45) is 2.46. The Labute approximate surface area is 178 Å². The molecule has 0 saturated carbocycles. The molecule has 1 saturated heterocycles. The number of guanidine groups is 1. The van der Waals surface area contributed by atoms with Gasteiger partial charge in [-0.1, -0.05) is 0 Å². The summed E-state index contributed by atoms with van der Waals surface area (Å²) in [4.78, 5) is 13.4. The lowest BCUT2D eigenvalue weighted by Gasteiger charge is -2.32. The topological polar surface area (TPSA) is 65.0 Å². The van der Waals surface area contributed by atoms with E-state index in [9.17, 15) is 0 Å². The van der Waals surface area contributed by atoms with E-state index in [1.54, 1.807) is 18.4 Å². The van der Waals surface area contributed by atoms with Crippen LogP contribution < -0.4 is 15.5 Å². The SMILES string of the molecule is CN=C(NCc1csc(N(C)C)n1)NCC1CCN(CCOC)CC1.I. The first-order valence-electron chi connectivity index (χ1n) is 8.90. The third-order valence-corrected chi connectivity index (χ3v) is 5.52. The molecule has 0 aromatic carbocycles. The summed E-state index contributed by atoms with van der Waals surface area (Å²) in [5.74, 6) is 1.55. The van der Waals surface area contributed by atoms with Crippen molar-refractivity contribution in [1.29, 1.82) is 0 Å². The van der Waals surface area contributed by atoms with E-state index < -0.39 is 0 Å². The molecular weight excluding hydrogens is 463 g/mol. The maximum atomic E-state index is 5.16. The van der Waals surface area contributed by atoms with E-state index in [0.717, 1.165) is 49.6 Å². The van der Waals surface area contributed by atoms with Crippen LogP contribution in [0.5, 0.6) is 0 Å². The van der Waals surface area contributed by atoms with Gasteiger partial charge in [0, 0.05) is 46.7 Å². The number of nitrogens with zero attached hydrogens (tertiary/aromatic N) is 4. The molecule has 150 valence electrons. The van der Waals surface area contributed by atoms with E-state index in [4.69, 9.17) is 4.74 Å². The Kier molecular flexibility index (Phi) is 11.4. The first-order valence-corrected chi connectivity index (χ1v) is 9.78. The Morgan fingerprint density at radius 3 is 2.69 bits per heavy atom. The maximum absolute atomic E-state index is 5.16. The zero-order valence-corrected chi connectivity index (χ0v) is 19.5. The molecule has 0 bridgehead atoms. The molecule has 0 radical (unpaired) electrons. The monoisotopic (exact) mass is 496 g/mol. The molecule has 9 heteroatoms. The first kappa shape index (κ1) is 23.4. The van der Waals surface area contributed by atoms with Gasteiger partial charge in [0.25, 0.3) is 0 Å². The van der Waals surface area contributed by atoms with Crippen LogP contribution in [0.3, 0.4) is 0 Å². The molecular formula is C17H33IN6OS. The number of thiazole rings is 1. The maximum Gasteiger partial charge on any atom is 0.191 e. The fraction of sp³-hybridized carbons (Fsp3) is 0.765. The fourth-order valence-corrected chi connectivity index (χ4v) is 3.61. The number of hydrogen-bond acceptors (Lipinski definition) is 6. The van der Waals surface area contributed by atoms with Crippen LogP contribution in [-0.4, -0.2) is 76.9 Å². The summed E-state index contributed by atoms with van der Waals surface area (Å²) in [6.45, 7) is 5.85. The summed E-state index contributed by atoms with van der Waals surface area (Å²) in [5, 5.41) is 9.93. The summed E-state index contributed by atoms with van der Waals surface area (Å²) < 4.78 is 5.16. The molecule has 26 heavy (non-hydrogen) atoms. The molecule has 0 atom stereocenters. The molecule has 0 spiro atoms. The predicted octanol–water partition coefficient (Wildman–Crippen LogP) is 1.85. The van der Waals surface area contributed by atoms with Gasteiger partial charge in [-0.2, -0.15) is 0 Å². The third-order valence-electron chi connectivity index (χ3n) is 4.46. The van der Waals surface area contributed by atoms with Gasteiger partial charge in [-0.25, -0.2) is 4.98 Å². The second kappa shape index (κ2) is 12.7. The lowest BCUT2D eigenvalue weighted by molar-refractivity contribution is 0.121. The van der Waals surface area contributed by atoms with E-state index in [2.05, 4.69) is 30.9 Å². The highest BCUT2D eigenvalue weighted by atomic mass is 127. The molecule has 7 nitrogen and oxygen atoms in total. The van der Waals surface area contributed by atoms with Crippen molar-refractivity contribution >= 4 is 46.4 Å². The van der Waals surface area contributed by atoms with Crippen LogP contribution in [0.4, 0.5) is 5.13 Å². The van der Waals surface area contributed by atoms with Crippen molar-refractivity contribution in [3.8, 4) is 0 Å². The van der Waals surface area contributed by atoms with Gasteiger partial charge in [0.1, 0.15) is 0 Å². The molecule has 0 aliphatic carbocycles. The van der Waals surface area contributed by atoms with Crippen molar-refractivity contribution in [3.63, 3.8) is 0 Å². The van der Waals surface area contributed by atoms with Gasteiger partial charge in [-0.15, -0.1) is 35.3 Å². The molecule has 0 amide bonds. The number of nitrogens with one attached hydrogen (secondary N) is 2. The highest BCUT2D eigenvalue weighted by molar-refractivity contribution is 14.0. The normalized spacial score (nSPS) is 16.2. The van der Waals surface area contributed by atoms with Crippen molar-refractivity contribution in [2.24, 2.45) is 10.9 Å². The molecule has 2 heterocycles. The van der Waals surface area contributed by atoms with Crippen LogP contribution in [0.25, 0.3) is 0 Å². The average Bonchev–Trinajstić information content (AvgIpc) is 3.10. The Hall–Kier alpha value is -0.650. The van der Waals surface area contributed by atoms with Crippen molar-refractivity contribution in [2.75, 3.05) is 65.9 Å². The number of aliphatic imine (C=N–C) groups is 1. The van der Waals surface area contributed by atoms with E-state index in [-0.39, 0.29) is 24.0 Å². The number of piperidine rings is 1. The van der Waals surface area contributed by atoms with Gasteiger partial charge < -0.3 is 25.2 Å². The van der Waals surface area contributed by atoms with Gasteiger partial charge in [0.2, 0.25) is 0 Å². The summed E-state index contributed by atoms with van der Waals surface area (Å²) >= 11 is 1.66. The van der Waals surface area contributed by atoms with Crippen LogP contribution in [0.2, 0.25) is 0 Å². The lowest BCUT2D eigenvalue weighted by atomic mass is 9.97. The zero-order valence-electron chi connectivity index (χ0n) is 16.3. The molecule has 0 unspecified atom stereocenters. The molecule has 1 aliphatic heterocycles. The van der Waals surface area contributed by atoms with Gasteiger partial charge in [-0.3, -0.25) is 4.99 Å². The average molecular weight is 496 g/mol. The van der Waals surface area contributed by atoms with Gasteiger partial charge in [-0.05, 0) is 31.8 Å². The van der Waals surface area contributed by atoms with E-state index >= 15 is 0 Å². The van der Waals surface area contributed by atoms with Gasteiger partial charge >= 0.3 is 0 Å². The highest BCUT2D eigenvalue weighted by Gasteiger charge is 2.19. The number of anilines is 1. The fourth-order valence-electron chi connectivity index (χ4n) is 2.85. The summed E-state index contributed by atoms with van der Waals surface area (Å²) in [7, 11) is 7.60. The molecule has 1 aliphatic rings. The smallest absolute Gasteiger partial charge is 0.191 e. The molecule has 1 aromatic heterocycles. The minimum Gasteiger partial charge on any atom is -0.383 e. The first-order chi connectivity index (χ1) is 12.1. The van der Waals surface area contributed by atoms with Crippen LogP contribution in [0.15, 0.2) is 10.4 Å². The standard InChI is InChI=1S/C17H32N6OS.HI/c1-18-16(20-12-15-13-25-17(21-15)22(2)3)19-11-14-5-7-23(8-6-14)9-10-24-4;/h13-14H,5-12H2,1-4H3,(H2,18,19,20);1H. The zero-order chi connectivity index (χ0) is 18.1. The predicted molar refractivity (Wildman–Crippen MR) is 121 cm³/mol. The number of halogens is 1. The van der Waals surface area contributed by atoms with E-state index in [1.807, 2.05) is 26.0 Å². The lowest BCUT2D eigenvalue weighted by Crippen LogP contribution is -2.43. The number of ether oxygens (including phenoxy) is 1. The number of methoxy groups -OCH3 is 1. The quantitative estimate of drug-likeness (QED) is 0.326. The molecule has 1 fully saturated rings. The Balaban J connectivity index is 0.00000338. The van der Waals surface area contributed by atoms with Gasteiger partial charge in [0.15, 0.2) is 11.1 Å². The van der Waals surface area contributed by atoms with E-state index in [1.165, 1.54) is 12.8 Å². The Morgan fingerprint density at radius 1 is 1.38 bits per heavy atom. The largest absolute Gasteiger partial charge is 0.383 e. The van der Waals surface area contributed by atoms with Crippen molar-refractivity contribution in [2.45, 2.75) is 19.4 Å². The molecule has 2 N–H and O–H groups in total. The Morgan fingerprint density at radius 2 is 2.12 bits per heavy atom. The van der Waals surface area contributed by atoms with Crippen molar-refractivity contribution in [1.82, 2.24) is 20.5 Å². The Bertz CT molecular complexity index is 531. The number of aromatic nitrogens is 1. The van der Waals surface area contributed by atoms with E-state index in [0.29, 0.717) is 12.5 Å². The van der Waals surface area contributed by atoms with Crippen LogP contribution in [-0.2, 0) is 11.3 Å². The minimum atomic E-state index is 0. The number of rotatable bonds is 8. The molecule has 2 rings (SSSR count). The number of hydrogen-bond donors (Lipinski definition) is 2. The van der Waals surface area contributed by atoms with Crippen LogP contribution in [0.1, 0.15) is 18.5 Å². The number of likely N-dealkylation sites (tertiary alicyclic amines) is 1. The summed E-state index contributed by atoms with van der Waals surface area (Å²) in [5.41, 5.74) is 1.04. The second-order valence-electron chi connectivity index (χ2n) is 6.60. The molecule has 1 aromatic rings. The summed E-state index contributed by atoms with van der Waals surface area (Å²) in [6, 6.07) is 0. The highest BCUT2D eigenvalue weighted by Crippen LogP contribution is 2.18. The van der Waals surface area contributed by atoms with Gasteiger partial charge in [0.05, 0.1) is 18.8 Å². The second-order valence-corrected chi connectivity index (χ2v) is 7.44. The van der Waals surface area contributed by atoms with Crippen molar-refractivity contribution < 1.29 is 4.74 Å². The van der Waals surface area contributed by atoms with Crippen LogP contribution >= 0.6 is 35.3 Å².